The molecule has 29 heavy (non-hydrogen) atoms. The monoisotopic (exact) mass is 413 g/mol. The summed E-state index contributed by atoms with van der Waals surface area (Å²) in [6.45, 7) is 0. The summed E-state index contributed by atoms with van der Waals surface area (Å²) in [6.07, 6.45) is 2.59. The Kier molecular flexibility index (Phi) is 6.00. The Bertz CT molecular complexity index is 1080. The molecule has 0 unspecified atom stereocenters. The number of nitro benzene ring substituents is 1. The van der Waals surface area contributed by atoms with Gasteiger partial charge in [-0.3, -0.25) is 14.9 Å². The van der Waals surface area contributed by atoms with Crippen molar-refractivity contribution in [1.82, 2.24) is 5.43 Å². The number of furan rings is 1. The van der Waals surface area contributed by atoms with E-state index in [4.69, 9.17) is 20.8 Å². The summed E-state index contributed by atoms with van der Waals surface area (Å²) < 4.78 is 10.2. The van der Waals surface area contributed by atoms with Gasteiger partial charge >= 0.3 is 5.97 Å². The molecule has 0 aliphatic rings. The van der Waals surface area contributed by atoms with E-state index in [-0.39, 0.29) is 22.8 Å². The molecule has 0 aliphatic heterocycles. The van der Waals surface area contributed by atoms with Gasteiger partial charge < -0.3 is 9.15 Å². The molecule has 2 aromatic carbocycles. The minimum absolute atomic E-state index is 0.0225. The first-order valence-corrected chi connectivity index (χ1v) is 8.45. The molecule has 9 nitrogen and oxygen atoms in total. The lowest BCUT2D eigenvalue weighted by Gasteiger charge is -2.06. The molecular formula is C19H12ClN3O6. The third-order valence-electron chi connectivity index (χ3n) is 3.61. The van der Waals surface area contributed by atoms with Gasteiger partial charge in [0.15, 0.2) is 0 Å². The summed E-state index contributed by atoms with van der Waals surface area (Å²) in [5.74, 6) is -1.10. The lowest BCUT2D eigenvalue weighted by Crippen LogP contribution is -2.17. The molecule has 1 N–H and O–H groups in total. The highest BCUT2D eigenvalue weighted by Crippen LogP contribution is 2.22. The Morgan fingerprint density at radius 2 is 1.93 bits per heavy atom. The average molecular weight is 414 g/mol. The van der Waals surface area contributed by atoms with Crippen molar-refractivity contribution in [3.63, 3.8) is 0 Å². The maximum Gasteiger partial charge on any atom is 0.379 e. The van der Waals surface area contributed by atoms with E-state index in [9.17, 15) is 19.7 Å². The van der Waals surface area contributed by atoms with Crippen LogP contribution < -0.4 is 10.2 Å². The molecule has 0 aliphatic carbocycles. The molecule has 3 rings (SSSR count). The number of benzene rings is 2. The van der Waals surface area contributed by atoms with Crippen molar-refractivity contribution in [2.45, 2.75) is 0 Å². The fourth-order valence-corrected chi connectivity index (χ4v) is 2.40. The van der Waals surface area contributed by atoms with Crippen LogP contribution in [0, 0.1) is 10.1 Å². The van der Waals surface area contributed by atoms with Crippen molar-refractivity contribution in [3.05, 3.63) is 92.9 Å². The number of ether oxygens (including phenoxy) is 1. The maximum atomic E-state index is 12.1. The molecule has 0 bridgehead atoms. The van der Waals surface area contributed by atoms with Crippen molar-refractivity contribution >= 4 is 35.4 Å². The number of nitrogens with zero attached hydrogens (tertiary/aromatic N) is 2. The number of esters is 1. The zero-order chi connectivity index (χ0) is 20.8. The first-order chi connectivity index (χ1) is 13.9. The van der Waals surface area contributed by atoms with Gasteiger partial charge in [0, 0.05) is 28.3 Å². The van der Waals surface area contributed by atoms with Gasteiger partial charge in [0.05, 0.1) is 17.4 Å². The van der Waals surface area contributed by atoms with Crippen LogP contribution in [0.1, 0.15) is 26.5 Å². The number of rotatable bonds is 6. The standard InChI is InChI=1S/C19H12ClN3O6/c20-14-5-8-16(29-19(25)17-2-1-9-28-17)13(10-14)11-21-22-18(24)12-3-6-15(7-4-12)23(26)27/h1-11H,(H,22,24)/b21-11+. The summed E-state index contributed by atoms with van der Waals surface area (Å²) in [4.78, 5) is 34.2. The molecule has 0 radical (unpaired) electrons. The number of carbonyl (C=O) groups excluding carboxylic acids is 2. The van der Waals surface area contributed by atoms with Crippen LogP contribution in [0.4, 0.5) is 5.69 Å². The largest absolute Gasteiger partial charge is 0.457 e. The second kappa shape index (κ2) is 8.81. The number of hydrogen-bond donors (Lipinski definition) is 1. The Morgan fingerprint density at radius 3 is 2.59 bits per heavy atom. The number of nitro groups is 1. The topological polar surface area (TPSA) is 124 Å². The second-order valence-electron chi connectivity index (χ2n) is 5.55. The van der Waals surface area contributed by atoms with E-state index in [1.54, 1.807) is 6.07 Å². The second-order valence-corrected chi connectivity index (χ2v) is 5.99. The van der Waals surface area contributed by atoms with Crippen molar-refractivity contribution in [2.75, 3.05) is 0 Å². The van der Waals surface area contributed by atoms with Crippen LogP contribution in [0.2, 0.25) is 5.02 Å². The summed E-state index contributed by atoms with van der Waals surface area (Å²) in [5, 5.41) is 14.8. The minimum atomic E-state index is -0.707. The fraction of sp³-hybridized carbons (Fsp3) is 0. The highest BCUT2D eigenvalue weighted by Gasteiger charge is 2.14. The zero-order valence-corrected chi connectivity index (χ0v) is 15.3. The highest BCUT2D eigenvalue weighted by molar-refractivity contribution is 6.31. The van der Waals surface area contributed by atoms with E-state index in [0.29, 0.717) is 10.6 Å². The molecule has 1 aromatic heterocycles. The number of hydrazone groups is 1. The van der Waals surface area contributed by atoms with Gasteiger partial charge in [-0.2, -0.15) is 5.10 Å². The van der Waals surface area contributed by atoms with Crippen molar-refractivity contribution in [1.29, 1.82) is 0 Å². The Morgan fingerprint density at radius 1 is 1.17 bits per heavy atom. The highest BCUT2D eigenvalue weighted by atomic mass is 35.5. The average Bonchev–Trinajstić information content (AvgIpc) is 3.25. The third kappa shape index (κ3) is 5.05. The van der Waals surface area contributed by atoms with Crippen LogP contribution in [-0.2, 0) is 0 Å². The Labute approximate surface area is 168 Å². The van der Waals surface area contributed by atoms with E-state index in [0.717, 1.165) is 0 Å². The van der Waals surface area contributed by atoms with Gasteiger partial charge in [0.1, 0.15) is 5.75 Å². The summed E-state index contributed by atoms with van der Waals surface area (Å²) in [6, 6.07) is 12.5. The maximum absolute atomic E-state index is 12.1. The van der Waals surface area contributed by atoms with Crippen LogP contribution in [-0.4, -0.2) is 23.0 Å². The van der Waals surface area contributed by atoms with Gasteiger partial charge in [-0.25, -0.2) is 10.2 Å². The van der Waals surface area contributed by atoms with Gasteiger partial charge in [-0.15, -0.1) is 0 Å². The molecular weight excluding hydrogens is 402 g/mol. The van der Waals surface area contributed by atoms with Crippen LogP contribution in [0.25, 0.3) is 0 Å². The van der Waals surface area contributed by atoms with Crippen LogP contribution in [0.3, 0.4) is 0 Å². The van der Waals surface area contributed by atoms with E-state index in [1.807, 2.05) is 0 Å². The number of amides is 1. The molecule has 0 saturated carbocycles. The SMILES string of the molecule is O=C(N/N=C/c1cc(Cl)ccc1OC(=O)c1ccco1)c1ccc([N+](=O)[O-])cc1. The van der Waals surface area contributed by atoms with Gasteiger partial charge in [0.2, 0.25) is 5.76 Å². The predicted octanol–water partition coefficient (Wildman–Crippen LogP) is 3.82. The number of carbonyl (C=O) groups is 2. The molecule has 10 heteroatoms. The number of hydrogen-bond acceptors (Lipinski definition) is 7. The van der Waals surface area contributed by atoms with Gasteiger partial charge in [0.25, 0.3) is 11.6 Å². The normalized spacial score (nSPS) is 10.7. The molecule has 0 atom stereocenters. The smallest absolute Gasteiger partial charge is 0.379 e. The van der Waals surface area contributed by atoms with Crippen molar-refractivity contribution in [3.8, 4) is 5.75 Å². The molecule has 0 saturated heterocycles. The summed E-state index contributed by atoms with van der Waals surface area (Å²) in [7, 11) is 0. The molecule has 1 amide bonds. The Balaban J connectivity index is 1.71. The van der Waals surface area contributed by atoms with E-state index >= 15 is 0 Å². The van der Waals surface area contributed by atoms with Gasteiger partial charge in [-0.1, -0.05) is 11.6 Å². The van der Waals surface area contributed by atoms with E-state index < -0.39 is 16.8 Å². The fourth-order valence-electron chi connectivity index (χ4n) is 2.22. The molecule has 3 aromatic rings. The lowest BCUT2D eigenvalue weighted by molar-refractivity contribution is -0.384. The van der Waals surface area contributed by atoms with Crippen LogP contribution >= 0.6 is 11.6 Å². The van der Waals surface area contributed by atoms with E-state index in [1.165, 1.54) is 61.0 Å². The molecule has 0 spiro atoms. The lowest BCUT2D eigenvalue weighted by atomic mass is 10.2. The molecule has 0 fully saturated rings. The number of non-ortho nitro benzene ring substituents is 1. The van der Waals surface area contributed by atoms with Crippen LogP contribution in [0.5, 0.6) is 5.75 Å². The summed E-state index contributed by atoms with van der Waals surface area (Å²) >= 11 is 5.97. The third-order valence-corrected chi connectivity index (χ3v) is 3.84. The number of nitrogens with one attached hydrogen (secondary N) is 1. The zero-order valence-electron chi connectivity index (χ0n) is 14.6. The van der Waals surface area contributed by atoms with Crippen LogP contribution in [0.15, 0.2) is 70.4 Å². The predicted molar refractivity (Wildman–Crippen MR) is 103 cm³/mol. The van der Waals surface area contributed by atoms with Crippen molar-refractivity contribution < 1.29 is 23.7 Å². The molecule has 1 heterocycles. The number of halogens is 1. The first-order valence-electron chi connectivity index (χ1n) is 8.07. The summed E-state index contributed by atoms with van der Waals surface area (Å²) in [5.41, 5.74) is 2.67. The Hall–Kier alpha value is -3.98. The van der Waals surface area contributed by atoms with E-state index in [2.05, 4.69) is 10.5 Å². The van der Waals surface area contributed by atoms with Gasteiger partial charge in [-0.05, 0) is 42.5 Å². The van der Waals surface area contributed by atoms with Crippen molar-refractivity contribution in [2.24, 2.45) is 5.10 Å². The minimum Gasteiger partial charge on any atom is -0.457 e. The molecule has 146 valence electrons. The quantitative estimate of drug-likeness (QED) is 0.215. The first kappa shape index (κ1) is 19.8.